The Hall–Kier alpha value is -0.810. The van der Waals surface area contributed by atoms with Crippen LogP contribution in [0.15, 0.2) is 6.07 Å². The molecule has 0 atom stereocenters. The van der Waals surface area contributed by atoms with E-state index in [4.69, 9.17) is 10.4 Å². The van der Waals surface area contributed by atoms with Crippen molar-refractivity contribution < 1.29 is 13.9 Å². The van der Waals surface area contributed by atoms with E-state index in [1.165, 1.54) is 6.07 Å². The minimum atomic E-state index is -2.73. The summed E-state index contributed by atoms with van der Waals surface area (Å²) in [6.07, 6.45) is -2.73. The predicted octanol–water partition coefficient (Wildman–Crippen LogP) is 1.99. The normalized spacial score (nSPS) is 10.3. The van der Waals surface area contributed by atoms with Gasteiger partial charge < -0.3 is 5.11 Å². The molecule has 0 bridgehead atoms. The summed E-state index contributed by atoms with van der Waals surface area (Å²) in [4.78, 5) is 3.60. The fourth-order valence-electron chi connectivity index (χ4n) is 0.947. The van der Waals surface area contributed by atoms with Crippen molar-refractivity contribution in [3.05, 3.63) is 26.6 Å². The third-order valence-corrected chi connectivity index (χ3v) is 2.44. The Balaban J connectivity index is 3.37. The molecule has 0 aliphatic rings. The molecule has 0 aliphatic carbocycles. The van der Waals surface area contributed by atoms with E-state index in [-0.39, 0.29) is 27.1 Å². The average Bonchev–Trinajstić information content (AvgIpc) is 2.15. The number of aliphatic hydroxyl groups is 1. The second-order valence-electron chi connectivity index (χ2n) is 2.43. The molecule has 1 heterocycles. The highest BCUT2D eigenvalue weighted by Crippen LogP contribution is 2.27. The molecule has 14 heavy (non-hydrogen) atoms. The Morgan fingerprint density at radius 3 is 2.71 bits per heavy atom. The minimum Gasteiger partial charge on any atom is -0.390 e. The van der Waals surface area contributed by atoms with Gasteiger partial charge in [-0.3, -0.25) is 0 Å². The Morgan fingerprint density at radius 1 is 1.64 bits per heavy atom. The van der Waals surface area contributed by atoms with E-state index in [0.717, 1.165) is 0 Å². The zero-order chi connectivity index (χ0) is 10.7. The molecule has 1 aromatic rings. The van der Waals surface area contributed by atoms with E-state index in [0.29, 0.717) is 0 Å². The van der Waals surface area contributed by atoms with Gasteiger partial charge in [-0.1, -0.05) is 0 Å². The van der Waals surface area contributed by atoms with Crippen molar-refractivity contribution in [2.24, 2.45) is 0 Å². The lowest BCUT2D eigenvalue weighted by Crippen LogP contribution is -2.02. The fraction of sp³-hybridized carbons (Fsp3) is 0.250. The summed E-state index contributed by atoms with van der Waals surface area (Å²) >= 11 is 1.69. The van der Waals surface area contributed by atoms with Gasteiger partial charge in [0.1, 0.15) is 6.07 Å². The molecule has 0 spiro atoms. The second-order valence-corrected chi connectivity index (χ2v) is 3.59. The molecular formula is C8H5F2IN2O. The Kier molecular flexibility index (Phi) is 3.71. The summed E-state index contributed by atoms with van der Waals surface area (Å²) in [7, 11) is 0. The SMILES string of the molecule is N#Cc1nc(CO)cc(I)c1C(F)F. The predicted molar refractivity (Wildman–Crippen MR) is 52.5 cm³/mol. The van der Waals surface area contributed by atoms with Gasteiger partial charge in [-0.25, -0.2) is 13.8 Å². The molecule has 0 aliphatic heterocycles. The summed E-state index contributed by atoms with van der Waals surface area (Å²) < 4.78 is 25.1. The van der Waals surface area contributed by atoms with Crippen molar-refractivity contribution in [3.63, 3.8) is 0 Å². The molecule has 3 nitrogen and oxygen atoms in total. The van der Waals surface area contributed by atoms with Crippen LogP contribution in [0.4, 0.5) is 8.78 Å². The maximum atomic E-state index is 12.5. The number of hydrogen-bond donors (Lipinski definition) is 1. The molecule has 1 N–H and O–H groups in total. The highest BCUT2D eigenvalue weighted by atomic mass is 127. The smallest absolute Gasteiger partial charge is 0.267 e. The zero-order valence-electron chi connectivity index (χ0n) is 6.84. The maximum absolute atomic E-state index is 12.5. The van der Waals surface area contributed by atoms with Crippen molar-refractivity contribution in [2.75, 3.05) is 0 Å². The van der Waals surface area contributed by atoms with Gasteiger partial charge in [-0.05, 0) is 28.7 Å². The summed E-state index contributed by atoms with van der Waals surface area (Å²) in [6.45, 7) is -0.367. The van der Waals surface area contributed by atoms with Crippen LogP contribution in [0, 0.1) is 14.9 Å². The number of hydrogen-bond acceptors (Lipinski definition) is 3. The van der Waals surface area contributed by atoms with E-state index >= 15 is 0 Å². The van der Waals surface area contributed by atoms with Crippen molar-refractivity contribution >= 4 is 22.6 Å². The van der Waals surface area contributed by atoms with Gasteiger partial charge in [-0.2, -0.15) is 5.26 Å². The van der Waals surface area contributed by atoms with Gasteiger partial charge in [0.05, 0.1) is 17.9 Å². The van der Waals surface area contributed by atoms with Gasteiger partial charge in [0.25, 0.3) is 6.43 Å². The number of nitrogens with zero attached hydrogens (tertiary/aromatic N) is 2. The second kappa shape index (κ2) is 4.61. The van der Waals surface area contributed by atoms with E-state index in [1.54, 1.807) is 28.7 Å². The topological polar surface area (TPSA) is 56.9 Å². The summed E-state index contributed by atoms with van der Waals surface area (Å²) in [5.74, 6) is 0. The zero-order valence-corrected chi connectivity index (χ0v) is 8.99. The van der Waals surface area contributed by atoms with E-state index < -0.39 is 6.43 Å². The van der Waals surface area contributed by atoms with Crippen LogP contribution >= 0.6 is 22.6 Å². The lowest BCUT2D eigenvalue weighted by Gasteiger charge is -2.06. The summed E-state index contributed by atoms with van der Waals surface area (Å²) in [5.41, 5.74) is -0.475. The van der Waals surface area contributed by atoms with Crippen LogP contribution < -0.4 is 0 Å². The van der Waals surface area contributed by atoms with Crippen molar-refractivity contribution in [3.8, 4) is 6.07 Å². The number of aliphatic hydroxyl groups excluding tert-OH is 1. The van der Waals surface area contributed by atoms with Crippen LogP contribution in [0.3, 0.4) is 0 Å². The Morgan fingerprint density at radius 2 is 2.29 bits per heavy atom. The van der Waals surface area contributed by atoms with Crippen molar-refractivity contribution in [1.29, 1.82) is 5.26 Å². The maximum Gasteiger partial charge on any atom is 0.267 e. The third kappa shape index (κ3) is 2.16. The minimum absolute atomic E-state index is 0.218. The monoisotopic (exact) mass is 310 g/mol. The van der Waals surface area contributed by atoms with Crippen LogP contribution in [0.2, 0.25) is 0 Å². The van der Waals surface area contributed by atoms with Crippen LogP contribution in [0.5, 0.6) is 0 Å². The van der Waals surface area contributed by atoms with Gasteiger partial charge in [-0.15, -0.1) is 0 Å². The van der Waals surface area contributed by atoms with Crippen LogP contribution in [0.1, 0.15) is 23.4 Å². The molecule has 0 saturated carbocycles. The van der Waals surface area contributed by atoms with Crippen molar-refractivity contribution in [1.82, 2.24) is 4.98 Å². The van der Waals surface area contributed by atoms with E-state index in [2.05, 4.69) is 4.98 Å². The third-order valence-electron chi connectivity index (χ3n) is 1.55. The highest BCUT2D eigenvalue weighted by Gasteiger charge is 2.19. The lowest BCUT2D eigenvalue weighted by atomic mass is 10.2. The lowest BCUT2D eigenvalue weighted by molar-refractivity contribution is 0.149. The number of alkyl halides is 2. The first kappa shape index (κ1) is 11.3. The molecule has 1 rings (SSSR count). The molecule has 0 unspecified atom stereocenters. The van der Waals surface area contributed by atoms with Crippen LogP contribution in [-0.4, -0.2) is 10.1 Å². The molecule has 74 valence electrons. The van der Waals surface area contributed by atoms with Gasteiger partial charge >= 0.3 is 0 Å². The number of pyridine rings is 1. The largest absolute Gasteiger partial charge is 0.390 e. The number of aromatic nitrogens is 1. The van der Waals surface area contributed by atoms with Gasteiger partial charge in [0.2, 0.25) is 0 Å². The molecule has 6 heteroatoms. The quantitative estimate of drug-likeness (QED) is 0.850. The fourth-order valence-corrected chi connectivity index (χ4v) is 1.80. The Labute approximate surface area is 92.5 Å². The molecule has 0 aromatic carbocycles. The summed E-state index contributed by atoms with van der Waals surface area (Å²) in [5, 5.41) is 17.3. The molecular weight excluding hydrogens is 305 g/mol. The van der Waals surface area contributed by atoms with Crippen LogP contribution in [0.25, 0.3) is 0 Å². The molecule has 0 fully saturated rings. The molecule has 1 aromatic heterocycles. The first-order valence-corrected chi connectivity index (χ1v) is 4.66. The average molecular weight is 310 g/mol. The number of rotatable bonds is 2. The number of halogens is 3. The summed E-state index contributed by atoms with van der Waals surface area (Å²) in [6, 6.07) is 2.92. The standard InChI is InChI=1S/C8H5F2IN2O/c9-8(10)7-5(11)1-4(3-14)13-6(7)2-12/h1,8,14H,3H2. The molecule has 0 saturated heterocycles. The number of nitriles is 1. The molecule has 0 amide bonds. The van der Waals surface area contributed by atoms with E-state index in [9.17, 15) is 8.78 Å². The van der Waals surface area contributed by atoms with Gasteiger partial charge in [0.15, 0.2) is 5.69 Å². The van der Waals surface area contributed by atoms with Gasteiger partial charge in [0, 0.05) is 3.57 Å². The molecule has 0 radical (unpaired) electrons. The van der Waals surface area contributed by atoms with E-state index in [1.807, 2.05) is 0 Å². The van der Waals surface area contributed by atoms with Crippen LogP contribution in [-0.2, 0) is 6.61 Å². The highest BCUT2D eigenvalue weighted by molar-refractivity contribution is 14.1. The van der Waals surface area contributed by atoms with Crippen molar-refractivity contribution in [2.45, 2.75) is 13.0 Å². The first-order valence-electron chi connectivity index (χ1n) is 3.58. The Bertz CT molecular complexity index is 390. The first-order chi connectivity index (χ1) is 6.60.